The zero-order chi connectivity index (χ0) is 30.0. The summed E-state index contributed by atoms with van der Waals surface area (Å²) in [4.78, 5) is 31.3. The number of fused-ring (bicyclic) bond motifs is 5. The van der Waals surface area contributed by atoms with Crippen molar-refractivity contribution in [3.05, 3.63) is 53.0 Å². The molecule has 2 aliphatic carbocycles. The lowest BCUT2D eigenvalue weighted by Crippen LogP contribution is -2.55. The Kier molecular flexibility index (Phi) is 6.78. The maximum absolute atomic E-state index is 13.9. The highest BCUT2D eigenvalue weighted by atomic mass is 19.1. The molecule has 5 heterocycles. The summed E-state index contributed by atoms with van der Waals surface area (Å²) in [5, 5.41) is 9.55. The van der Waals surface area contributed by atoms with E-state index in [4.69, 9.17) is 14.7 Å². The number of halogens is 1. The number of hydrogen-bond acceptors (Lipinski definition) is 8. The lowest BCUT2D eigenvalue weighted by atomic mass is 9.95. The minimum Gasteiger partial charge on any atom is -0.461 e. The van der Waals surface area contributed by atoms with Crippen LogP contribution >= 0.6 is 0 Å². The quantitative estimate of drug-likeness (QED) is 0.441. The molecule has 0 radical (unpaired) electrons. The minimum absolute atomic E-state index is 0.0789. The van der Waals surface area contributed by atoms with Crippen LogP contribution in [0, 0.1) is 17.2 Å². The zero-order valence-electron chi connectivity index (χ0n) is 25.3. The smallest absolute Gasteiger partial charge is 0.318 e. The largest absolute Gasteiger partial charge is 0.461 e. The Bertz CT molecular complexity index is 1540. The fourth-order valence-corrected chi connectivity index (χ4v) is 8.92. The first-order valence-electron chi connectivity index (χ1n) is 16.4. The SMILES string of the molecule is C=C(F)C(=O)N1CCN(c2nc(OCC34CCCN3CCC4)nc3c2CCN(c2cccc4c2[C@@H]2CC2C4)C3)C[C@@H]1CC#N. The number of anilines is 2. The topological polar surface area (TPSA) is 88.8 Å². The van der Waals surface area contributed by atoms with Gasteiger partial charge in [-0.3, -0.25) is 9.69 Å². The van der Waals surface area contributed by atoms with E-state index in [1.165, 1.54) is 41.8 Å². The van der Waals surface area contributed by atoms with E-state index in [0.29, 0.717) is 44.7 Å². The van der Waals surface area contributed by atoms with Gasteiger partial charge in [-0.05, 0) is 87.1 Å². The van der Waals surface area contributed by atoms with Crippen LogP contribution < -0.4 is 14.5 Å². The molecule has 1 aromatic heterocycles. The third kappa shape index (κ3) is 4.63. The molecule has 3 atom stereocenters. The van der Waals surface area contributed by atoms with Gasteiger partial charge < -0.3 is 19.4 Å². The normalized spacial score (nSPS) is 26.5. The average molecular weight is 598 g/mol. The summed E-state index contributed by atoms with van der Waals surface area (Å²) in [6.45, 7) is 8.80. The van der Waals surface area contributed by atoms with Crippen molar-refractivity contribution in [3.63, 3.8) is 0 Å². The number of aromatic nitrogens is 2. The summed E-state index contributed by atoms with van der Waals surface area (Å²) in [6.07, 6.45) is 8.11. The molecule has 4 fully saturated rings. The molecule has 44 heavy (non-hydrogen) atoms. The van der Waals surface area contributed by atoms with Gasteiger partial charge >= 0.3 is 6.01 Å². The van der Waals surface area contributed by atoms with Crippen LogP contribution in [0.25, 0.3) is 0 Å². The van der Waals surface area contributed by atoms with Crippen LogP contribution in [0.3, 0.4) is 0 Å². The molecule has 4 aliphatic heterocycles. The van der Waals surface area contributed by atoms with E-state index in [1.807, 2.05) is 0 Å². The van der Waals surface area contributed by atoms with Crippen LogP contribution in [-0.4, -0.2) is 83.1 Å². The van der Waals surface area contributed by atoms with E-state index in [-0.39, 0.29) is 12.0 Å². The Morgan fingerprint density at radius 2 is 1.98 bits per heavy atom. The number of piperazine rings is 1. The highest BCUT2D eigenvalue weighted by Crippen LogP contribution is 2.59. The molecule has 1 aromatic carbocycles. The van der Waals surface area contributed by atoms with Crippen molar-refractivity contribution in [3.8, 4) is 12.1 Å². The molecule has 0 N–H and O–H groups in total. The van der Waals surface area contributed by atoms with Gasteiger partial charge in [0.2, 0.25) is 0 Å². The first-order chi connectivity index (χ1) is 21.4. The molecule has 1 amide bonds. The molecule has 2 aromatic rings. The second-order valence-corrected chi connectivity index (χ2v) is 13.7. The predicted octanol–water partition coefficient (Wildman–Crippen LogP) is 4.12. The molecule has 6 aliphatic rings. The van der Waals surface area contributed by atoms with E-state index in [9.17, 15) is 14.4 Å². The van der Waals surface area contributed by atoms with E-state index < -0.39 is 17.8 Å². The summed E-state index contributed by atoms with van der Waals surface area (Å²) in [7, 11) is 0. The van der Waals surface area contributed by atoms with Crippen molar-refractivity contribution in [2.75, 3.05) is 55.7 Å². The molecule has 10 heteroatoms. The Morgan fingerprint density at radius 3 is 2.77 bits per heavy atom. The van der Waals surface area contributed by atoms with Crippen molar-refractivity contribution < 1.29 is 13.9 Å². The van der Waals surface area contributed by atoms with Crippen molar-refractivity contribution in [2.24, 2.45) is 5.92 Å². The number of nitrogens with zero attached hydrogens (tertiary/aromatic N) is 7. The second-order valence-electron chi connectivity index (χ2n) is 13.7. The van der Waals surface area contributed by atoms with Crippen molar-refractivity contribution in [1.29, 1.82) is 5.26 Å². The standard InChI is InChI=1S/C34H40FN7O2/c1-22(35)32(43)42-16-15-40(19-25(42)7-11-36)31-26-8-14-39(29-6-2-5-23-17-24-18-27(24)30(23)29)20-28(26)37-33(38-31)44-21-34-9-3-12-41(34)13-4-10-34/h2,5-6,24-25,27H,1,3-4,7-10,12-21H2/t24?,25-,27+/m0/s1. The number of ether oxygens (including phenoxy) is 1. The van der Waals surface area contributed by atoms with Gasteiger partial charge in [0.1, 0.15) is 12.4 Å². The highest BCUT2D eigenvalue weighted by molar-refractivity contribution is 5.91. The number of rotatable bonds is 7. The van der Waals surface area contributed by atoms with E-state index in [2.05, 4.69) is 45.5 Å². The van der Waals surface area contributed by atoms with Crippen LogP contribution in [0.15, 0.2) is 30.6 Å². The van der Waals surface area contributed by atoms with E-state index >= 15 is 0 Å². The molecule has 1 saturated carbocycles. The van der Waals surface area contributed by atoms with E-state index in [1.54, 1.807) is 5.56 Å². The number of carbonyl (C=O) groups is 1. The monoisotopic (exact) mass is 597 g/mol. The average Bonchev–Trinajstić information content (AvgIpc) is 3.32. The van der Waals surface area contributed by atoms with E-state index in [0.717, 1.165) is 61.9 Å². The van der Waals surface area contributed by atoms with Crippen LogP contribution in [0.1, 0.15) is 66.8 Å². The summed E-state index contributed by atoms with van der Waals surface area (Å²) in [5.74, 6) is 0.627. The Balaban J connectivity index is 1.11. The molecular formula is C34H40FN7O2. The third-order valence-corrected chi connectivity index (χ3v) is 11.2. The molecule has 3 saturated heterocycles. The van der Waals surface area contributed by atoms with Gasteiger partial charge in [-0.1, -0.05) is 18.7 Å². The van der Waals surface area contributed by atoms with Gasteiger partial charge in [-0.15, -0.1) is 0 Å². The van der Waals surface area contributed by atoms with Crippen molar-refractivity contribution in [1.82, 2.24) is 19.8 Å². The first kappa shape index (κ1) is 27.8. The van der Waals surface area contributed by atoms with Crippen molar-refractivity contribution >= 4 is 17.4 Å². The van der Waals surface area contributed by atoms with Crippen LogP contribution in [0.2, 0.25) is 0 Å². The maximum atomic E-state index is 13.9. The van der Waals surface area contributed by atoms with Gasteiger partial charge in [0.25, 0.3) is 5.91 Å². The van der Waals surface area contributed by atoms with Crippen molar-refractivity contribution in [2.45, 2.75) is 75.4 Å². The molecular weight excluding hydrogens is 557 g/mol. The summed E-state index contributed by atoms with van der Waals surface area (Å²) >= 11 is 0. The number of hydrogen-bond donors (Lipinski definition) is 0. The minimum atomic E-state index is -0.992. The first-order valence-corrected chi connectivity index (χ1v) is 16.4. The highest BCUT2D eigenvalue weighted by Gasteiger charge is 2.47. The third-order valence-electron chi connectivity index (χ3n) is 11.2. The Morgan fingerprint density at radius 1 is 1.14 bits per heavy atom. The van der Waals surface area contributed by atoms with Gasteiger partial charge in [-0.25, -0.2) is 4.39 Å². The molecule has 1 unspecified atom stereocenters. The predicted molar refractivity (Wildman–Crippen MR) is 164 cm³/mol. The fraction of sp³-hybridized carbons (Fsp3) is 0.588. The maximum Gasteiger partial charge on any atom is 0.318 e. The lowest BCUT2D eigenvalue weighted by molar-refractivity contribution is -0.131. The Labute approximate surface area is 258 Å². The summed E-state index contributed by atoms with van der Waals surface area (Å²) in [6, 6.07) is 8.91. The summed E-state index contributed by atoms with van der Waals surface area (Å²) < 4.78 is 20.4. The second kappa shape index (κ2) is 10.7. The molecule has 8 rings (SSSR count). The molecule has 9 nitrogen and oxygen atoms in total. The van der Waals surface area contributed by atoms with Gasteiger partial charge in [0.15, 0.2) is 5.83 Å². The number of carbonyl (C=O) groups excluding carboxylic acids is 1. The van der Waals surface area contributed by atoms with Crippen LogP contribution in [0.5, 0.6) is 6.01 Å². The van der Waals surface area contributed by atoms with Gasteiger partial charge in [0.05, 0.1) is 36.3 Å². The fourth-order valence-electron chi connectivity index (χ4n) is 8.92. The number of benzene rings is 1. The number of nitriles is 1. The van der Waals surface area contributed by atoms with Crippen LogP contribution in [-0.2, 0) is 24.2 Å². The molecule has 230 valence electrons. The Hall–Kier alpha value is -3.71. The van der Waals surface area contributed by atoms with Gasteiger partial charge in [0, 0.05) is 37.4 Å². The molecule has 0 bridgehead atoms. The zero-order valence-corrected chi connectivity index (χ0v) is 25.3. The number of amides is 1. The molecule has 0 spiro atoms. The van der Waals surface area contributed by atoms with Gasteiger partial charge in [-0.2, -0.15) is 15.2 Å². The van der Waals surface area contributed by atoms with Crippen LogP contribution in [0.4, 0.5) is 15.9 Å². The lowest BCUT2D eigenvalue weighted by Gasteiger charge is -2.42. The summed E-state index contributed by atoms with van der Waals surface area (Å²) in [5.41, 5.74) is 6.57.